The molecule has 2 amide bonds. The molecule has 33 heavy (non-hydrogen) atoms. The Morgan fingerprint density at radius 1 is 0.939 bits per heavy atom. The maximum atomic E-state index is 12.0. The predicted molar refractivity (Wildman–Crippen MR) is 134 cm³/mol. The summed E-state index contributed by atoms with van der Waals surface area (Å²) in [6, 6.07) is 17.0. The number of esters is 1. The molecule has 0 aliphatic rings. The topological polar surface area (TPSA) is 93.4 Å². The van der Waals surface area contributed by atoms with Crippen molar-refractivity contribution in [3.8, 4) is 0 Å². The van der Waals surface area contributed by atoms with Gasteiger partial charge in [-0.05, 0) is 74.8 Å². The Bertz CT molecular complexity index is 846. The van der Waals surface area contributed by atoms with E-state index >= 15 is 0 Å². The van der Waals surface area contributed by atoms with Gasteiger partial charge in [0.05, 0.1) is 7.11 Å². The molecule has 0 saturated heterocycles. The fraction of sp³-hybridized carbons (Fsp3) is 0.462. The number of anilines is 1. The fourth-order valence-corrected chi connectivity index (χ4v) is 3.89. The first-order chi connectivity index (χ1) is 15.9. The second-order valence-corrected chi connectivity index (χ2v) is 8.91. The zero-order chi connectivity index (χ0) is 23.9. The van der Waals surface area contributed by atoms with Crippen molar-refractivity contribution in [3.05, 3.63) is 65.2 Å². The van der Waals surface area contributed by atoms with Crippen molar-refractivity contribution in [2.45, 2.75) is 63.3 Å². The van der Waals surface area contributed by atoms with Gasteiger partial charge < -0.3 is 21.1 Å². The number of benzene rings is 2. The Morgan fingerprint density at radius 3 is 2.27 bits per heavy atom. The minimum atomic E-state index is -0.317. The summed E-state index contributed by atoms with van der Waals surface area (Å²) in [5.74, 6) is -0.182. The van der Waals surface area contributed by atoms with E-state index < -0.39 is 0 Å². The molecule has 2 aromatic carbocycles. The minimum Gasteiger partial charge on any atom is -0.469 e. The van der Waals surface area contributed by atoms with Crippen LogP contribution in [0.2, 0.25) is 5.02 Å². The van der Waals surface area contributed by atoms with Crippen molar-refractivity contribution >= 4 is 29.3 Å². The van der Waals surface area contributed by atoms with Gasteiger partial charge in [0.15, 0.2) is 0 Å². The second kappa shape index (κ2) is 14.6. The van der Waals surface area contributed by atoms with Gasteiger partial charge >= 0.3 is 12.0 Å². The molecule has 0 fully saturated rings. The Balaban J connectivity index is 1.77. The number of methoxy groups -OCH3 is 1. The van der Waals surface area contributed by atoms with E-state index in [-0.39, 0.29) is 17.5 Å². The summed E-state index contributed by atoms with van der Waals surface area (Å²) in [7, 11) is 1.41. The normalized spacial score (nSPS) is 12.6. The molecule has 1 unspecified atom stereocenters. The van der Waals surface area contributed by atoms with Crippen molar-refractivity contribution in [1.82, 2.24) is 5.32 Å². The summed E-state index contributed by atoms with van der Waals surface area (Å²) in [5, 5.41) is 6.44. The van der Waals surface area contributed by atoms with E-state index in [0.29, 0.717) is 13.0 Å². The number of urea groups is 1. The molecule has 0 bridgehead atoms. The quantitative estimate of drug-likeness (QED) is 0.242. The lowest BCUT2D eigenvalue weighted by Gasteiger charge is -2.30. The molecule has 1 atom stereocenters. The molecule has 0 radical (unpaired) electrons. The number of nitrogens with one attached hydrogen (secondary N) is 2. The van der Waals surface area contributed by atoms with Crippen molar-refractivity contribution in [1.29, 1.82) is 0 Å². The third-order valence-electron chi connectivity index (χ3n) is 5.78. The first kappa shape index (κ1) is 26.7. The van der Waals surface area contributed by atoms with E-state index in [1.54, 1.807) is 0 Å². The molecule has 4 N–H and O–H groups in total. The molecule has 0 spiro atoms. The third-order valence-corrected chi connectivity index (χ3v) is 6.03. The van der Waals surface area contributed by atoms with Crippen molar-refractivity contribution in [3.63, 3.8) is 0 Å². The molecule has 2 rings (SSSR count). The lowest BCUT2D eigenvalue weighted by molar-refractivity contribution is -0.140. The molecule has 6 nitrogen and oxygen atoms in total. The molecule has 180 valence electrons. The van der Waals surface area contributed by atoms with Gasteiger partial charge in [0.1, 0.15) is 0 Å². The summed E-state index contributed by atoms with van der Waals surface area (Å²) in [6.07, 6.45) is 7.28. The third kappa shape index (κ3) is 11.2. The molecule has 0 heterocycles. The van der Waals surface area contributed by atoms with Gasteiger partial charge in [0, 0.05) is 29.2 Å². The van der Waals surface area contributed by atoms with Crippen LogP contribution in [-0.4, -0.2) is 31.2 Å². The Hall–Kier alpha value is -2.57. The van der Waals surface area contributed by atoms with Crippen LogP contribution in [0.1, 0.15) is 56.9 Å². The second-order valence-electron chi connectivity index (χ2n) is 8.48. The monoisotopic (exact) mass is 473 g/mol. The highest BCUT2D eigenvalue weighted by atomic mass is 35.5. The van der Waals surface area contributed by atoms with E-state index in [1.807, 2.05) is 54.6 Å². The van der Waals surface area contributed by atoms with Crippen molar-refractivity contribution in [2.75, 3.05) is 19.0 Å². The standard InChI is InChI=1S/C26H36ClN3O3/c1-33-24(31)11-5-6-17-26(28,19-16-21-12-14-22(27)15-13-21)18-7-8-20-29-25(32)30-23-9-3-2-4-10-23/h2-4,9-10,12-15H,5-8,11,16-20,28H2,1H3,(H2,29,30,32). The zero-order valence-corrected chi connectivity index (χ0v) is 20.2. The highest BCUT2D eigenvalue weighted by molar-refractivity contribution is 6.30. The number of para-hydroxylation sites is 1. The van der Waals surface area contributed by atoms with Crippen LogP contribution >= 0.6 is 11.6 Å². The van der Waals surface area contributed by atoms with E-state index in [2.05, 4.69) is 10.6 Å². The van der Waals surface area contributed by atoms with Crippen LogP contribution in [0.15, 0.2) is 54.6 Å². The van der Waals surface area contributed by atoms with E-state index in [1.165, 1.54) is 12.7 Å². The zero-order valence-electron chi connectivity index (χ0n) is 19.4. The van der Waals surface area contributed by atoms with E-state index in [4.69, 9.17) is 22.1 Å². The first-order valence-corrected chi connectivity index (χ1v) is 12.0. The average molecular weight is 474 g/mol. The summed E-state index contributed by atoms with van der Waals surface area (Å²) < 4.78 is 4.73. The number of rotatable bonds is 14. The number of ether oxygens (including phenoxy) is 1. The maximum Gasteiger partial charge on any atom is 0.319 e. The Morgan fingerprint density at radius 2 is 1.61 bits per heavy atom. The van der Waals surface area contributed by atoms with Gasteiger partial charge in [-0.2, -0.15) is 0 Å². The molecule has 0 aliphatic heterocycles. The van der Waals surface area contributed by atoms with Gasteiger partial charge in [-0.3, -0.25) is 4.79 Å². The fourth-order valence-electron chi connectivity index (χ4n) is 3.77. The molecule has 0 saturated carbocycles. The number of hydrogen-bond donors (Lipinski definition) is 3. The summed E-state index contributed by atoms with van der Waals surface area (Å²) in [6.45, 7) is 0.592. The van der Waals surface area contributed by atoms with Crippen LogP contribution in [0.5, 0.6) is 0 Å². The van der Waals surface area contributed by atoms with Crippen LogP contribution in [0.3, 0.4) is 0 Å². The van der Waals surface area contributed by atoms with Gasteiger partial charge in [-0.25, -0.2) is 4.79 Å². The number of halogens is 1. The number of nitrogens with two attached hydrogens (primary N) is 1. The first-order valence-electron chi connectivity index (χ1n) is 11.6. The highest BCUT2D eigenvalue weighted by Gasteiger charge is 2.24. The number of unbranched alkanes of at least 4 members (excludes halogenated alkanes) is 2. The van der Waals surface area contributed by atoms with E-state index in [9.17, 15) is 9.59 Å². The van der Waals surface area contributed by atoms with Crippen LogP contribution in [0.4, 0.5) is 10.5 Å². The number of carbonyl (C=O) groups excluding carboxylic acids is 2. The maximum absolute atomic E-state index is 12.0. The van der Waals surface area contributed by atoms with Gasteiger partial charge in [0.2, 0.25) is 0 Å². The molecule has 2 aromatic rings. The SMILES string of the molecule is COC(=O)CCCCC(N)(CCCCNC(=O)Nc1ccccc1)CCc1ccc(Cl)cc1. The average Bonchev–Trinajstić information content (AvgIpc) is 2.82. The van der Waals surface area contributed by atoms with Crippen molar-refractivity contribution < 1.29 is 14.3 Å². The summed E-state index contributed by atoms with van der Waals surface area (Å²) in [4.78, 5) is 23.4. The number of hydrogen-bond acceptors (Lipinski definition) is 4. The molecule has 0 aliphatic carbocycles. The lowest BCUT2D eigenvalue weighted by Crippen LogP contribution is -2.40. The molecule has 7 heteroatoms. The summed E-state index contributed by atoms with van der Waals surface area (Å²) >= 11 is 5.99. The number of carbonyl (C=O) groups is 2. The van der Waals surface area contributed by atoms with Crippen LogP contribution < -0.4 is 16.4 Å². The van der Waals surface area contributed by atoms with Gasteiger partial charge in [-0.15, -0.1) is 0 Å². The molecule has 0 aromatic heterocycles. The van der Waals surface area contributed by atoms with Crippen LogP contribution in [0, 0.1) is 0 Å². The smallest absolute Gasteiger partial charge is 0.319 e. The highest BCUT2D eigenvalue weighted by Crippen LogP contribution is 2.25. The lowest BCUT2D eigenvalue weighted by atomic mass is 9.82. The Labute approximate surface area is 202 Å². The summed E-state index contributed by atoms with van der Waals surface area (Å²) in [5.41, 5.74) is 8.49. The van der Waals surface area contributed by atoms with E-state index in [0.717, 1.165) is 62.1 Å². The van der Waals surface area contributed by atoms with Gasteiger partial charge in [0.25, 0.3) is 0 Å². The molecular formula is C26H36ClN3O3. The van der Waals surface area contributed by atoms with Crippen LogP contribution in [0.25, 0.3) is 0 Å². The largest absolute Gasteiger partial charge is 0.469 e. The van der Waals surface area contributed by atoms with Crippen molar-refractivity contribution in [2.24, 2.45) is 5.73 Å². The van der Waals surface area contributed by atoms with Crippen LogP contribution in [-0.2, 0) is 16.0 Å². The Kier molecular flexibility index (Phi) is 11.8. The molecular weight excluding hydrogens is 438 g/mol. The number of amides is 2. The minimum absolute atomic E-state index is 0.182. The van der Waals surface area contributed by atoms with Gasteiger partial charge in [-0.1, -0.05) is 48.4 Å². The predicted octanol–water partition coefficient (Wildman–Crippen LogP) is 5.70. The number of aryl methyl sites for hydroxylation is 1.